The van der Waals surface area contributed by atoms with Crippen LogP contribution in [0, 0.1) is 0 Å². The minimum Gasteiger partial charge on any atom is -0.361 e. The number of nitrogens with zero attached hydrogens (tertiary/aromatic N) is 1. The van der Waals surface area contributed by atoms with Crippen LogP contribution in [0.15, 0.2) is 31.4 Å². The summed E-state index contributed by atoms with van der Waals surface area (Å²) in [7, 11) is 0. The molecular weight excluding hydrogens is 166 g/mol. The highest BCUT2D eigenvalue weighted by Crippen LogP contribution is 1.89. The highest BCUT2D eigenvalue weighted by atomic mass is 16.5. The molecule has 0 spiro atoms. The fourth-order valence-corrected chi connectivity index (χ4v) is 0.820. The third kappa shape index (κ3) is 7.22. The predicted octanol–water partition coefficient (Wildman–Crippen LogP) is 1.02. The normalized spacial score (nSPS) is 9.31. The van der Waals surface area contributed by atoms with Crippen molar-refractivity contribution in [2.45, 2.75) is 0 Å². The van der Waals surface area contributed by atoms with Gasteiger partial charge in [0.1, 0.15) is 5.94 Å². The van der Waals surface area contributed by atoms with Gasteiger partial charge in [-0.15, -0.1) is 13.2 Å². The first-order valence-corrected chi connectivity index (χ1v) is 4.06. The molecule has 0 fully saturated rings. The highest BCUT2D eigenvalue weighted by molar-refractivity contribution is 5.44. The molecule has 0 saturated carbocycles. The molecule has 3 nitrogen and oxygen atoms in total. The quantitative estimate of drug-likeness (QED) is 0.242. The van der Waals surface area contributed by atoms with Crippen molar-refractivity contribution in [1.82, 2.24) is 4.90 Å². The van der Waals surface area contributed by atoms with Crippen LogP contribution in [0.4, 0.5) is 0 Å². The molecule has 0 aliphatic heterocycles. The standard InChI is InChI=1S/C10H15NO2/c1-3-6-11(7-4-2)10-13-9-5-8-12/h3-5H,1-2,6-7,9-10H2. The van der Waals surface area contributed by atoms with Crippen molar-refractivity contribution < 1.29 is 9.53 Å². The Hall–Kier alpha value is -1.15. The van der Waals surface area contributed by atoms with E-state index in [1.54, 1.807) is 18.1 Å². The Morgan fingerprint density at radius 1 is 1.31 bits per heavy atom. The molecule has 0 radical (unpaired) electrons. The minimum absolute atomic E-state index is 0.300. The molecule has 0 bridgehead atoms. The summed E-state index contributed by atoms with van der Waals surface area (Å²) in [6.07, 6.45) is 4.89. The van der Waals surface area contributed by atoms with Crippen molar-refractivity contribution in [3.05, 3.63) is 31.4 Å². The van der Waals surface area contributed by atoms with Gasteiger partial charge in [-0.2, -0.15) is 0 Å². The van der Waals surface area contributed by atoms with Crippen LogP contribution in [0.5, 0.6) is 0 Å². The molecule has 0 aromatic heterocycles. The van der Waals surface area contributed by atoms with Gasteiger partial charge in [0.15, 0.2) is 0 Å². The molecular formula is C10H15NO2. The first kappa shape index (κ1) is 11.8. The van der Waals surface area contributed by atoms with E-state index in [9.17, 15) is 4.79 Å². The number of ether oxygens (including phenoxy) is 1. The van der Waals surface area contributed by atoms with E-state index in [4.69, 9.17) is 4.74 Å². The van der Waals surface area contributed by atoms with Crippen molar-refractivity contribution in [2.24, 2.45) is 0 Å². The summed E-state index contributed by atoms with van der Waals surface area (Å²) in [6.45, 7) is 9.51. The van der Waals surface area contributed by atoms with Crippen LogP contribution in [0.3, 0.4) is 0 Å². The fraction of sp³-hybridized carbons (Fsp3) is 0.400. The van der Waals surface area contributed by atoms with E-state index >= 15 is 0 Å². The Morgan fingerprint density at radius 2 is 1.92 bits per heavy atom. The van der Waals surface area contributed by atoms with Crippen molar-refractivity contribution >= 4 is 5.94 Å². The maximum Gasteiger partial charge on any atom is 0.122 e. The molecule has 0 atom stereocenters. The van der Waals surface area contributed by atoms with E-state index in [2.05, 4.69) is 13.2 Å². The van der Waals surface area contributed by atoms with Crippen molar-refractivity contribution in [1.29, 1.82) is 0 Å². The van der Waals surface area contributed by atoms with Crippen molar-refractivity contribution in [3.8, 4) is 0 Å². The Kier molecular flexibility index (Phi) is 8.15. The molecule has 0 unspecified atom stereocenters. The topological polar surface area (TPSA) is 29.5 Å². The van der Waals surface area contributed by atoms with E-state index in [0.29, 0.717) is 13.3 Å². The third-order valence-electron chi connectivity index (χ3n) is 1.33. The third-order valence-corrected chi connectivity index (χ3v) is 1.33. The second-order valence-electron chi connectivity index (χ2n) is 2.44. The predicted molar refractivity (Wildman–Crippen MR) is 53.0 cm³/mol. The lowest BCUT2D eigenvalue weighted by molar-refractivity contribution is 0.0582. The summed E-state index contributed by atoms with van der Waals surface area (Å²) in [5.41, 5.74) is 0. The number of carbonyl (C=O) groups excluding carboxylic acids is 1. The smallest absolute Gasteiger partial charge is 0.122 e. The van der Waals surface area contributed by atoms with Gasteiger partial charge < -0.3 is 4.74 Å². The van der Waals surface area contributed by atoms with Gasteiger partial charge in [0.05, 0.1) is 13.3 Å². The SMILES string of the molecule is C=CCN(CC=C)COCC=C=O. The van der Waals surface area contributed by atoms with Crippen LogP contribution in [0.1, 0.15) is 0 Å². The summed E-state index contributed by atoms with van der Waals surface area (Å²) in [5, 5.41) is 0. The summed E-state index contributed by atoms with van der Waals surface area (Å²) < 4.78 is 5.15. The molecule has 13 heavy (non-hydrogen) atoms. The highest BCUT2D eigenvalue weighted by Gasteiger charge is 1.98. The molecule has 0 aliphatic rings. The molecule has 0 aliphatic carbocycles. The Bertz CT molecular complexity index is 185. The Balaban J connectivity index is 3.60. The molecule has 0 N–H and O–H groups in total. The van der Waals surface area contributed by atoms with E-state index < -0.39 is 0 Å². The van der Waals surface area contributed by atoms with E-state index in [1.165, 1.54) is 6.08 Å². The van der Waals surface area contributed by atoms with Gasteiger partial charge in [-0.1, -0.05) is 12.2 Å². The molecule has 0 rings (SSSR count). The largest absolute Gasteiger partial charge is 0.361 e. The van der Waals surface area contributed by atoms with E-state index in [1.807, 2.05) is 4.90 Å². The second-order valence-corrected chi connectivity index (χ2v) is 2.44. The van der Waals surface area contributed by atoms with Crippen LogP contribution >= 0.6 is 0 Å². The zero-order valence-corrected chi connectivity index (χ0v) is 7.74. The first-order valence-electron chi connectivity index (χ1n) is 4.06. The lowest BCUT2D eigenvalue weighted by atomic mass is 10.5. The van der Waals surface area contributed by atoms with Crippen LogP contribution in [-0.2, 0) is 9.53 Å². The summed E-state index contributed by atoms with van der Waals surface area (Å²) in [4.78, 5) is 11.8. The van der Waals surface area contributed by atoms with E-state index in [-0.39, 0.29) is 0 Å². The molecule has 0 aromatic rings. The average molecular weight is 181 g/mol. The number of hydrogen-bond acceptors (Lipinski definition) is 3. The van der Waals surface area contributed by atoms with Gasteiger partial charge in [0, 0.05) is 19.2 Å². The Labute approximate surface area is 79.0 Å². The first-order chi connectivity index (χ1) is 6.35. The number of rotatable bonds is 8. The van der Waals surface area contributed by atoms with Gasteiger partial charge in [-0.05, 0) is 0 Å². The van der Waals surface area contributed by atoms with Gasteiger partial charge in [0.25, 0.3) is 0 Å². The minimum atomic E-state index is 0.300. The van der Waals surface area contributed by atoms with Crippen molar-refractivity contribution in [2.75, 3.05) is 26.4 Å². The maximum absolute atomic E-state index is 9.79. The van der Waals surface area contributed by atoms with Crippen molar-refractivity contribution in [3.63, 3.8) is 0 Å². The maximum atomic E-state index is 9.79. The van der Waals surface area contributed by atoms with Crippen LogP contribution in [-0.4, -0.2) is 37.3 Å². The lowest BCUT2D eigenvalue weighted by Crippen LogP contribution is -2.26. The fourth-order valence-electron chi connectivity index (χ4n) is 0.820. The lowest BCUT2D eigenvalue weighted by Gasteiger charge is -2.17. The Morgan fingerprint density at radius 3 is 2.38 bits per heavy atom. The van der Waals surface area contributed by atoms with Crippen LogP contribution in [0.25, 0.3) is 0 Å². The van der Waals surface area contributed by atoms with Gasteiger partial charge in [0.2, 0.25) is 0 Å². The molecule has 0 heterocycles. The zero-order chi connectivity index (χ0) is 9.94. The molecule has 3 heteroatoms. The van der Waals surface area contributed by atoms with Gasteiger partial charge in [-0.3, -0.25) is 4.90 Å². The average Bonchev–Trinajstić information content (AvgIpc) is 2.13. The summed E-state index contributed by atoms with van der Waals surface area (Å²) in [5.74, 6) is 1.65. The van der Waals surface area contributed by atoms with E-state index in [0.717, 1.165) is 13.1 Å². The van der Waals surface area contributed by atoms with Crippen LogP contribution in [0.2, 0.25) is 0 Å². The zero-order valence-electron chi connectivity index (χ0n) is 7.74. The second kappa shape index (κ2) is 8.94. The van der Waals surface area contributed by atoms with Gasteiger partial charge >= 0.3 is 0 Å². The summed E-state index contributed by atoms with van der Waals surface area (Å²) in [6, 6.07) is 0. The molecule has 0 amide bonds. The number of hydrogen-bond donors (Lipinski definition) is 0. The molecule has 0 saturated heterocycles. The monoisotopic (exact) mass is 181 g/mol. The molecule has 72 valence electrons. The summed E-state index contributed by atoms with van der Waals surface area (Å²) >= 11 is 0. The van der Waals surface area contributed by atoms with Crippen LogP contribution < -0.4 is 0 Å². The van der Waals surface area contributed by atoms with Gasteiger partial charge in [-0.25, -0.2) is 4.79 Å². The molecule has 0 aromatic carbocycles.